The van der Waals surface area contributed by atoms with E-state index in [0.29, 0.717) is 22.0 Å². The molecule has 1 amide bonds. The number of anilines is 1. The number of piperidine rings is 3. The average molecular weight is 459 g/mol. The van der Waals surface area contributed by atoms with E-state index in [9.17, 15) is 15.0 Å². The third-order valence-corrected chi connectivity index (χ3v) is 8.00. The summed E-state index contributed by atoms with van der Waals surface area (Å²) in [4.78, 5) is 17.8. The molecule has 6 nitrogen and oxygen atoms in total. The second kappa shape index (κ2) is 8.85. The van der Waals surface area contributed by atoms with Gasteiger partial charge in [-0.15, -0.1) is 6.58 Å². The summed E-state index contributed by atoms with van der Waals surface area (Å²) in [5.41, 5.74) is 3.25. The number of para-hydroxylation sites is 1. The minimum absolute atomic E-state index is 0.0863. The number of aliphatic hydroxyl groups excluding tert-OH is 1. The van der Waals surface area contributed by atoms with Crippen LogP contribution in [-0.4, -0.2) is 51.3 Å². The Labute approximate surface area is 200 Å². The third-order valence-electron chi connectivity index (χ3n) is 8.00. The van der Waals surface area contributed by atoms with Crippen molar-refractivity contribution in [3.63, 3.8) is 0 Å². The average Bonchev–Trinajstić information content (AvgIpc) is 2.85. The number of nitrogens with one attached hydrogen (secondary N) is 1. The smallest absolute Gasteiger partial charge is 0.279 e. The highest BCUT2D eigenvalue weighted by atomic mass is 16.3. The molecule has 2 aromatic carbocycles. The summed E-state index contributed by atoms with van der Waals surface area (Å²) in [6.07, 6.45) is 4.96. The first-order valence-corrected chi connectivity index (χ1v) is 12.0. The fourth-order valence-corrected chi connectivity index (χ4v) is 6.18. The van der Waals surface area contributed by atoms with Gasteiger partial charge >= 0.3 is 0 Å². The number of carbonyl (C=O) groups excluding carboxylic acids is 1. The molecule has 34 heavy (non-hydrogen) atoms. The van der Waals surface area contributed by atoms with Gasteiger partial charge in [-0.2, -0.15) is 0 Å². The van der Waals surface area contributed by atoms with E-state index in [2.05, 4.69) is 16.9 Å². The minimum Gasteiger partial charge on any atom is -0.508 e. The molecule has 3 aliphatic heterocycles. The highest BCUT2D eigenvalue weighted by Gasteiger charge is 2.54. The standard InChI is InChI=1S/C28H31N3O3/c1-3-19-16-31(17-27(33)30-25-15-21(32)9-8-18(25)2)13-11-20(19)14-26(31)28(34)23-10-12-29-24-7-5-4-6-22(23)24/h3-10,12,15,19-20,26,28,34H,1,11,13-14,16-17H2,2H3,(H-,30,32,33)/p+1/t19-,20-,26+,28-,31-/m0/s1. The van der Waals surface area contributed by atoms with Crippen LogP contribution < -0.4 is 5.32 Å². The lowest BCUT2D eigenvalue weighted by atomic mass is 9.71. The van der Waals surface area contributed by atoms with Crippen LogP contribution in [0.1, 0.15) is 30.1 Å². The predicted octanol–water partition coefficient (Wildman–Crippen LogP) is 4.33. The lowest BCUT2D eigenvalue weighted by Gasteiger charge is -2.57. The maximum atomic E-state index is 13.3. The molecule has 0 saturated carbocycles. The molecular weight excluding hydrogens is 426 g/mol. The number of hydrogen-bond donors (Lipinski definition) is 3. The quantitative estimate of drug-likeness (QED) is 0.379. The van der Waals surface area contributed by atoms with Crippen molar-refractivity contribution < 1.29 is 19.5 Å². The Kier molecular flexibility index (Phi) is 5.88. The van der Waals surface area contributed by atoms with E-state index >= 15 is 0 Å². The number of pyridine rings is 1. The number of aliphatic hydroxyl groups is 1. The second-order valence-electron chi connectivity index (χ2n) is 9.94. The van der Waals surface area contributed by atoms with Gasteiger partial charge in [-0.25, -0.2) is 0 Å². The number of benzene rings is 2. The molecule has 3 aromatic rings. The Morgan fingerprint density at radius 1 is 1.29 bits per heavy atom. The molecule has 0 unspecified atom stereocenters. The van der Waals surface area contributed by atoms with E-state index in [1.165, 1.54) is 0 Å². The van der Waals surface area contributed by atoms with Crippen LogP contribution in [0.4, 0.5) is 5.69 Å². The number of hydrogen-bond acceptors (Lipinski definition) is 4. The van der Waals surface area contributed by atoms with Gasteiger partial charge < -0.3 is 20.0 Å². The van der Waals surface area contributed by atoms with Crippen LogP contribution in [0.2, 0.25) is 0 Å². The molecule has 1 aromatic heterocycles. The number of phenols is 1. The maximum absolute atomic E-state index is 13.3. The van der Waals surface area contributed by atoms with Gasteiger partial charge in [-0.05, 0) is 42.2 Å². The fourth-order valence-electron chi connectivity index (χ4n) is 6.18. The topological polar surface area (TPSA) is 82.5 Å². The number of amides is 1. The van der Waals surface area contributed by atoms with Gasteiger partial charge in [-0.3, -0.25) is 9.78 Å². The number of aromatic nitrogens is 1. The zero-order valence-electron chi connectivity index (χ0n) is 19.5. The van der Waals surface area contributed by atoms with Crippen molar-refractivity contribution in [2.75, 3.05) is 25.0 Å². The SMILES string of the molecule is C=C[C@H]1C[N@+]2(CC(=O)Nc3cc(O)ccc3C)CC[C@H]1C[C@@H]2[C@@H](O)c1ccnc2ccccc12. The molecule has 0 radical (unpaired) electrons. The predicted molar refractivity (Wildman–Crippen MR) is 133 cm³/mol. The summed E-state index contributed by atoms with van der Waals surface area (Å²) in [5.74, 6) is 0.827. The number of aromatic hydroxyl groups is 1. The van der Waals surface area contributed by atoms with Gasteiger partial charge in [0, 0.05) is 42.1 Å². The number of quaternary nitrogens is 1. The van der Waals surface area contributed by atoms with E-state index in [1.807, 2.05) is 43.3 Å². The summed E-state index contributed by atoms with van der Waals surface area (Å²) >= 11 is 0. The molecular formula is C28H32N3O3+. The van der Waals surface area contributed by atoms with E-state index in [0.717, 1.165) is 48.0 Å². The molecule has 0 aliphatic carbocycles. The Morgan fingerprint density at radius 3 is 2.94 bits per heavy atom. The number of nitrogens with zero attached hydrogens (tertiary/aromatic N) is 2. The number of rotatable bonds is 6. The summed E-state index contributed by atoms with van der Waals surface area (Å²) in [7, 11) is 0. The van der Waals surface area contributed by atoms with Gasteiger partial charge in [0.05, 0.1) is 18.6 Å². The fraction of sp³-hybridized carbons (Fsp3) is 0.357. The van der Waals surface area contributed by atoms with Crippen molar-refractivity contribution in [2.24, 2.45) is 11.8 Å². The molecule has 6 rings (SSSR count). The van der Waals surface area contributed by atoms with Crippen molar-refractivity contribution in [3.8, 4) is 5.75 Å². The molecule has 3 saturated heterocycles. The van der Waals surface area contributed by atoms with Crippen LogP contribution in [0.5, 0.6) is 5.75 Å². The van der Waals surface area contributed by atoms with E-state index in [1.54, 1.807) is 24.4 Å². The first-order chi connectivity index (χ1) is 16.4. The number of aryl methyl sites for hydroxylation is 1. The highest BCUT2D eigenvalue weighted by molar-refractivity contribution is 5.92. The first-order valence-electron chi connectivity index (χ1n) is 12.0. The van der Waals surface area contributed by atoms with Gasteiger partial charge in [0.15, 0.2) is 6.54 Å². The number of fused-ring (bicyclic) bond motifs is 4. The molecule has 6 heteroatoms. The number of carbonyl (C=O) groups is 1. The van der Waals surface area contributed by atoms with E-state index < -0.39 is 6.10 Å². The Morgan fingerprint density at radius 2 is 2.12 bits per heavy atom. The van der Waals surface area contributed by atoms with Crippen molar-refractivity contribution in [3.05, 3.63) is 78.5 Å². The van der Waals surface area contributed by atoms with Gasteiger partial charge in [0.1, 0.15) is 17.9 Å². The van der Waals surface area contributed by atoms with Crippen LogP contribution in [0.25, 0.3) is 10.9 Å². The lowest BCUT2D eigenvalue weighted by molar-refractivity contribution is -0.966. The van der Waals surface area contributed by atoms with Gasteiger partial charge in [-0.1, -0.05) is 30.3 Å². The van der Waals surface area contributed by atoms with Crippen LogP contribution in [0.15, 0.2) is 67.4 Å². The zero-order valence-corrected chi connectivity index (χ0v) is 19.5. The Hall–Kier alpha value is -3.22. The Bertz CT molecular complexity index is 1240. The molecule has 4 heterocycles. The summed E-state index contributed by atoms with van der Waals surface area (Å²) in [6, 6.07) is 14.7. The first kappa shape index (κ1) is 22.6. The minimum atomic E-state index is -0.697. The summed E-state index contributed by atoms with van der Waals surface area (Å²) in [6.45, 7) is 7.89. The van der Waals surface area contributed by atoms with Gasteiger partial charge in [0.25, 0.3) is 5.91 Å². The highest BCUT2D eigenvalue weighted by Crippen LogP contribution is 2.47. The third kappa shape index (κ3) is 3.97. The monoisotopic (exact) mass is 458 g/mol. The van der Waals surface area contributed by atoms with Crippen LogP contribution in [0.3, 0.4) is 0 Å². The van der Waals surface area contributed by atoms with Gasteiger partial charge in [0.2, 0.25) is 0 Å². The molecule has 3 N–H and O–H groups in total. The van der Waals surface area contributed by atoms with E-state index in [-0.39, 0.29) is 24.2 Å². The van der Waals surface area contributed by atoms with Crippen LogP contribution in [0, 0.1) is 18.8 Å². The number of phenolic OH excluding ortho intramolecular Hbond substituents is 1. The Balaban J connectivity index is 1.47. The summed E-state index contributed by atoms with van der Waals surface area (Å²) in [5, 5.41) is 25.6. The summed E-state index contributed by atoms with van der Waals surface area (Å²) < 4.78 is 0.536. The largest absolute Gasteiger partial charge is 0.508 e. The van der Waals surface area contributed by atoms with Crippen molar-refractivity contribution in [1.82, 2.24) is 4.98 Å². The molecule has 5 atom stereocenters. The zero-order chi connectivity index (χ0) is 23.9. The van der Waals surface area contributed by atoms with Crippen molar-refractivity contribution in [1.29, 1.82) is 0 Å². The van der Waals surface area contributed by atoms with E-state index in [4.69, 9.17) is 0 Å². The maximum Gasteiger partial charge on any atom is 0.279 e. The second-order valence-corrected chi connectivity index (χ2v) is 9.94. The molecule has 2 bridgehead atoms. The van der Waals surface area contributed by atoms with Crippen molar-refractivity contribution in [2.45, 2.75) is 31.9 Å². The molecule has 3 fully saturated rings. The van der Waals surface area contributed by atoms with Crippen LogP contribution >= 0.6 is 0 Å². The molecule has 176 valence electrons. The molecule has 3 aliphatic rings. The van der Waals surface area contributed by atoms with Crippen LogP contribution in [-0.2, 0) is 4.79 Å². The normalized spacial score (nSPS) is 26.8. The van der Waals surface area contributed by atoms with Crippen molar-refractivity contribution >= 4 is 22.5 Å². The molecule has 0 spiro atoms. The lowest BCUT2D eigenvalue weighted by Crippen LogP contribution is -2.69.